The van der Waals surface area contributed by atoms with Crippen molar-refractivity contribution in [2.45, 2.75) is 26.7 Å². The monoisotopic (exact) mass is 228 g/mol. The minimum Gasteiger partial charge on any atom is -0.481 e. The highest BCUT2D eigenvalue weighted by Crippen LogP contribution is 2.36. The first kappa shape index (κ1) is 12.8. The molecule has 0 bridgehead atoms. The number of rotatable bonds is 6. The molecule has 0 aromatic carbocycles. The highest BCUT2D eigenvalue weighted by molar-refractivity contribution is 5.74. The van der Waals surface area contributed by atoms with Crippen molar-refractivity contribution >= 4 is 12.0 Å². The first-order valence-electron chi connectivity index (χ1n) is 5.75. The Bertz CT molecular complexity index is 268. The van der Waals surface area contributed by atoms with Crippen LogP contribution in [0.1, 0.15) is 26.7 Å². The normalized spacial score (nSPS) is 24.6. The second kappa shape index (κ2) is 5.72. The average Bonchev–Trinajstić information content (AvgIpc) is 2.91. The summed E-state index contributed by atoms with van der Waals surface area (Å²) in [7, 11) is 0. The number of carbonyl (C=O) groups is 2. The second-order valence-corrected chi connectivity index (χ2v) is 4.64. The SMILES string of the molecule is CC(CCNC(=O)NCC1CC1C)C(=O)O. The fraction of sp³-hybridized carbons (Fsp3) is 0.818. The number of hydrogen-bond acceptors (Lipinski definition) is 2. The van der Waals surface area contributed by atoms with E-state index in [0.29, 0.717) is 18.9 Å². The minimum absolute atomic E-state index is 0.198. The van der Waals surface area contributed by atoms with E-state index in [0.717, 1.165) is 12.5 Å². The van der Waals surface area contributed by atoms with E-state index in [1.54, 1.807) is 6.92 Å². The van der Waals surface area contributed by atoms with Gasteiger partial charge in [-0.25, -0.2) is 4.79 Å². The topological polar surface area (TPSA) is 78.4 Å². The van der Waals surface area contributed by atoms with E-state index in [4.69, 9.17) is 5.11 Å². The number of amides is 2. The third-order valence-electron chi connectivity index (χ3n) is 3.09. The van der Waals surface area contributed by atoms with Gasteiger partial charge in [-0.15, -0.1) is 0 Å². The van der Waals surface area contributed by atoms with Crippen molar-refractivity contribution in [1.29, 1.82) is 0 Å². The van der Waals surface area contributed by atoms with Crippen molar-refractivity contribution in [1.82, 2.24) is 10.6 Å². The van der Waals surface area contributed by atoms with Gasteiger partial charge in [0.15, 0.2) is 0 Å². The first-order chi connectivity index (χ1) is 7.50. The number of hydrogen-bond donors (Lipinski definition) is 3. The summed E-state index contributed by atoms with van der Waals surface area (Å²) in [6.07, 6.45) is 1.65. The van der Waals surface area contributed by atoms with Crippen molar-refractivity contribution in [3.8, 4) is 0 Å². The number of carboxylic acid groups (broad SMARTS) is 1. The van der Waals surface area contributed by atoms with E-state index in [2.05, 4.69) is 17.6 Å². The van der Waals surface area contributed by atoms with Crippen molar-refractivity contribution in [2.75, 3.05) is 13.1 Å². The molecule has 2 amide bonds. The second-order valence-electron chi connectivity index (χ2n) is 4.64. The molecule has 0 heterocycles. The third kappa shape index (κ3) is 4.51. The standard InChI is InChI=1S/C11H20N2O3/c1-7(10(14)15)3-4-12-11(16)13-6-9-5-8(9)2/h7-9H,3-6H2,1-2H3,(H,14,15)(H2,12,13,16). The molecule has 0 radical (unpaired) electrons. The maximum Gasteiger partial charge on any atom is 0.314 e. The summed E-state index contributed by atoms with van der Waals surface area (Å²) in [4.78, 5) is 21.8. The van der Waals surface area contributed by atoms with Gasteiger partial charge in [-0.05, 0) is 24.7 Å². The molecule has 0 aromatic heterocycles. The molecule has 1 saturated carbocycles. The lowest BCUT2D eigenvalue weighted by atomic mass is 10.1. The average molecular weight is 228 g/mol. The number of urea groups is 1. The summed E-state index contributed by atoms with van der Waals surface area (Å²) < 4.78 is 0. The Labute approximate surface area is 95.6 Å². The van der Waals surface area contributed by atoms with E-state index in [-0.39, 0.29) is 6.03 Å². The van der Waals surface area contributed by atoms with Crippen molar-refractivity contribution < 1.29 is 14.7 Å². The number of nitrogens with one attached hydrogen (secondary N) is 2. The summed E-state index contributed by atoms with van der Waals surface area (Å²) >= 11 is 0. The van der Waals surface area contributed by atoms with Crippen LogP contribution in [-0.4, -0.2) is 30.2 Å². The molecule has 3 unspecified atom stereocenters. The molecule has 3 N–H and O–H groups in total. The van der Waals surface area contributed by atoms with Crippen LogP contribution in [0.25, 0.3) is 0 Å². The predicted molar refractivity (Wildman–Crippen MR) is 60.1 cm³/mol. The molecule has 92 valence electrons. The predicted octanol–water partition coefficient (Wildman–Crippen LogP) is 1.05. The van der Waals surface area contributed by atoms with Crippen LogP contribution in [-0.2, 0) is 4.79 Å². The highest BCUT2D eigenvalue weighted by Gasteiger charge is 2.32. The van der Waals surface area contributed by atoms with E-state index in [1.807, 2.05) is 0 Å². The summed E-state index contributed by atoms with van der Waals surface area (Å²) in [5.41, 5.74) is 0. The lowest BCUT2D eigenvalue weighted by Gasteiger charge is -2.09. The fourth-order valence-electron chi connectivity index (χ4n) is 1.50. The van der Waals surface area contributed by atoms with Crippen LogP contribution in [0.4, 0.5) is 4.79 Å². The molecule has 1 aliphatic rings. The molecule has 1 rings (SSSR count). The van der Waals surface area contributed by atoms with Gasteiger partial charge < -0.3 is 15.7 Å². The van der Waals surface area contributed by atoms with Crippen LogP contribution < -0.4 is 10.6 Å². The maximum atomic E-state index is 11.3. The van der Waals surface area contributed by atoms with E-state index in [1.165, 1.54) is 6.42 Å². The molecular weight excluding hydrogens is 208 g/mol. The smallest absolute Gasteiger partial charge is 0.314 e. The summed E-state index contributed by atoms with van der Waals surface area (Å²) in [5, 5.41) is 14.1. The van der Waals surface area contributed by atoms with Crippen LogP contribution in [0.2, 0.25) is 0 Å². The molecular formula is C11H20N2O3. The van der Waals surface area contributed by atoms with Gasteiger partial charge in [0.1, 0.15) is 0 Å². The summed E-state index contributed by atoms with van der Waals surface area (Å²) in [6, 6.07) is -0.198. The molecule has 0 aliphatic heterocycles. The fourth-order valence-corrected chi connectivity index (χ4v) is 1.50. The van der Waals surface area contributed by atoms with Crippen molar-refractivity contribution in [3.05, 3.63) is 0 Å². The quantitative estimate of drug-likeness (QED) is 0.636. The van der Waals surface area contributed by atoms with Gasteiger partial charge in [0.05, 0.1) is 5.92 Å². The van der Waals surface area contributed by atoms with Crippen molar-refractivity contribution in [2.24, 2.45) is 17.8 Å². The van der Waals surface area contributed by atoms with Crippen LogP contribution in [0.15, 0.2) is 0 Å². The minimum atomic E-state index is -0.825. The summed E-state index contributed by atoms with van der Waals surface area (Å²) in [5.74, 6) is 0.119. The Hall–Kier alpha value is -1.26. The molecule has 0 aromatic rings. The number of carbonyl (C=O) groups excluding carboxylic acids is 1. The molecule has 1 aliphatic carbocycles. The number of carboxylic acids is 1. The van der Waals surface area contributed by atoms with Crippen LogP contribution in [0.3, 0.4) is 0 Å². The molecule has 0 saturated heterocycles. The van der Waals surface area contributed by atoms with Gasteiger partial charge in [-0.3, -0.25) is 4.79 Å². The Morgan fingerprint density at radius 2 is 2.06 bits per heavy atom. The van der Waals surface area contributed by atoms with Crippen molar-refractivity contribution in [3.63, 3.8) is 0 Å². The Morgan fingerprint density at radius 3 is 2.56 bits per heavy atom. The Balaban J connectivity index is 1.99. The Morgan fingerprint density at radius 1 is 1.44 bits per heavy atom. The Kier molecular flexibility index (Phi) is 4.58. The highest BCUT2D eigenvalue weighted by atomic mass is 16.4. The van der Waals surface area contributed by atoms with E-state index in [9.17, 15) is 9.59 Å². The zero-order valence-corrected chi connectivity index (χ0v) is 9.82. The lowest BCUT2D eigenvalue weighted by molar-refractivity contribution is -0.141. The van der Waals surface area contributed by atoms with Crippen LogP contribution in [0, 0.1) is 17.8 Å². The first-order valence-corrected chi connectivity index (χ1v) is 5.75. The largest absolute Gasteiger partial charge is 0.481 e. The van der Waals surface area contributed by atoms with Crippen LogP contribution >= 0.6 is 0 Å². The van der Waals surface area contributed by atoms with Gasteiger partial charge in [-0.2, -0.15) is 0 Å². The van der Waals surface area contributed by atoms with Gasteiger partial charge in [-0.1, -0.05) is 13.8 Å². The van der Waals surface area contributed by atoms with Gasteiger partial charge in [0.2, 0.25) is 0 Å². The molecule has 5 heteroatoms. The third-order valence-corrected chi connectivity index (χ3v) is 3.09. The lowest BCUT2D eigenvalue weighted by Crippen LogP contribution is -2.37. The molecule has 1 fully saturated rings. The molecule has 5 nitrogen and oxygen atoms in total. The number of aliphatic carboxylic acids is 1. The molecule has 3 atom stereocenters. The zero-order chi connectivity index (χ0) is 12.1. The zero-order valence-electron chi connectivity index (χ0n) is 9.82. The molecule has 0 spiro atoms. The van der Waals surface area contributed by atoms with Crippen LogP contribution in [0.5, 0.6) is 0 Å². The van der Waals surface area contributed by atoms with E-state index >= 15 is 0 Å². The van der Waals surface area contributed by atoms with Gasteiger partial charge in [0, 0.05) is 13.1 Å². The summed E-state index contributed by atoms with van der Waals surface area (Å²) in [6.45, 7) is 4.92. The maximum absolute atomic E-state index is 11.3. The van der Waals surface area contributed by atoms with Gasteiger partial charge >= 0.3 is 12.0 Å². The molecule has 16 heavy (non-hydrogen) atoms. The van der Waals surface area contributed by atoms with Gasteiger partial charge in [0.25, 0.3) is 0 Å². The van der Waals surface area contributed by atoms with E-state index < -0.39 is 11.9 Å².